The van der Waals surface area contributed by atoms with Crippen LogP contribution in [0.1, 0.15) is 54.4 Å². The van der Waals surface area contributed by atoms with Gasteiger partial charge < -0.3 is 9.47 Å². The highest BCUT2D eigenvalue weighted by molar-refractivity contribution is 5.88. The summed E-state index contributed by atoms with van der Waals surface area (Å²) in [6.45, 7) is 11.4. The molecule has 0 fully saturated rings. The first-order valence-corrected chi connectivity index (χ1v) is 8.02. The van der Waals surface area contributed by atoms with Crippen molar-refractivity contribution in [1.82, 2.24) is 0 Å². The van der Waals surface area contributed by atoms with Gasteiger partial charge in [-0.1, -0.05) is 34.1 Å². The van der Waals surface area contributed by atoms with E-state index in [9.17, 15) is 14.9 Å². The molecule has 0 radical (unpaired) electrons. The van der Waals surface area contributed by atoms with Crippen LogP contribution in [0.5, 0.6) is 0 Å². The molecule has 0 aromatic heterocycles. The number of nitriles is 1. The predicted molar refractivity (Wildman–Crippen MR) is 83.7 cm³/mol. The van der Waals surface area contributed by atoms with E-state index in [1.54, 1.807) is 27.7 Å². The van der Waals surface area contributed by atoms with E-state index in [4.69, 9.17) is 9.47 Å². The standard InChI is InChI=1S/C17H29NO4/c1-7-21-15(19)14(10-9-12(3)4)17(11-18,13(5)6)16(20)22-8-2/h12-14H,7-10H2,1-6H3. The van der Waals surface area contributed by atoms with Gasteiger partial charge in [0.15, 0.2) is 5.41 Å². The number of carbonyl (C=O) groups is 2. The first kappa shape index (κ1) is 20.4. The fraction of sp³-hybridized carbons (Fsp3) is 0.824. The third kappa shape index (κ3) is 4.72. The number of esters is 2. The van der Waals surface area contributed by atoms with Gasteiger partial charge in [0, 0.05) is 0 Å². The lowest BCUT2D eigenvalue weighted by molar-refractivity contribution is -0.168. The number of ether oxygens (including phenoxy) is 2. The fourth-order valence-corrected chi connectivity index (χ4v) is 2.56. The van der Waals surface area contributed by atoms with Gasteiger partial charge in [-0.2, -0.15) is 5.26 Å². The first-order chi connectivity index (χ1) is 10.3. The van der Waals surface area contributed by atoms with Crippen LogP contribution in [0, 0.1) is 34.5 Å². The lowest BCUT2D eigenvalue weighted by atomic mass is 9.66. The minimum Gasteiger partial charge on any atom is -0.466 e. The van der Waals surface area contributed by atoms with Gasteiger partial charge in [-0.3, -0.25) is 9.59 Å². The van der Waals surface area contributed by atoms with E-state index in [-0.39, 0.29) is 19.1 Å². The van der Waals surface area contributed by atoms with E-state index in [0.29, 0.717) is 12.3 Å². The maximum atomic E-state index is 12.5. The minimum atomic E-state index is -1.50. The highest BCUT2D eigenvalue weighted by atomic mass is 16.5. The van der Waals surface area contributed by atoms with Crippen molar-refractivity contribution in [1.29, 1.82) is 5.26 Å². The third-order valence-corrected chi connectivity index (χ3v) is 3.86. The van der Waals surface area contributed by atoms with Crippen LogP contribution < -0.4 is 0 Å². The molecule has 0 amide bonds. The molecule has 0 bridgehead atoms. The second-order valence-corrected chi connectivity index (χ2v) is 6.13. The van der Waals surface area contributed by atoms with Gasteiger partial charge in [0.05, 0.1) is 25.2 Å². The lowest BCUT2D eigenvalue weighted by Gasteiger charge is -2.34. The van der Waals surface area contributed by atoms with Gasteiger partial charge in [-0.05, 0) is 32.1 Å². The molecule has 22 heavy (non-hydrogen) atoms. The number of hydrogen-bond acceptors (Lipinski definition) is 5. The second kappa shape index (κ2) is 9.45. The quantitative estimate of drug-likeness (QED) is 0.610. The summed E-state index contributed by atoms with van der Waals surface area (Å²) < 4.78 is 10.2. The molecule has 0 aromatic carbocycles. The third-order valence-electron chi connectivity index (χ3n) is 3.86. The highest BCUT2D eigenvalue weighted by Crippen LogP contribution is 2.41. The van der Waals surface area contributed by atoms with Crippen molar-refractivity contribution in [2.24, 2.45) is 23.2 Å². The van der Waals surface area contributed by atoms with E-state index >= 15 is 0 Å². The summed E-state index contributed by atoms with van der Waals surface area (Å²) in [6, 6.07) is 2.09. The van der Waals surface area contributed by atoms with Crippen LogP contribution in [0.25, 0.3) is 0 Å². The van der Waals surface area contributed by atoms with Crippen molar-refractivity contribution in [2.45, 2.75) is 54.4 Å². The van der Waals surface area contributed by atoms with E-state index in [2.05, 4.69) is 6.07 Å². The van der Waals surface area contributed by atoms with Crippen molar-refractivity contribution in [2.75, 3.05) is 13.2 Å². The van der Waals surface area contributed by atoms with Crippen molar-refractivity contribution in [3.63, 3.8) is 0 Å². The van der Waals surface area contributed by atoms with Crippen LogP contribution in [0.4, 0.5) is 0 Å². The molecule has 0 aromatic rings. The Kier molecular flexibility index (Phi) is 8.77. The molecule has 0 aliphatic heterocycles. The minimum absolute atomic E-state index is 0.175. The average molecular weight is 311 g/mol. The topological polar surface area (TPSA) is 76.4 Å². The van der Waals surface area contributed by atoms with Crippen LogP contribution >= 0.6 is 0 Å². The van der Waals surface area contributed by atoms with Crippen LogP contribution in [0.2, 0.25) is 0 Å². The Hall–Kier alpha value is -1.57. The molecule has 5 heteroatoms. The molecule has 0 spiro atoms. The first-order valence-electron chi connectivity index (χ1n) is 8.02. The summed E-state index contributed by atoms with van der Waals surface area (Å²) >= 11 is 0. The largest absolute Gasteiger partial charge is 0.466 e. The average Bonchev–Trinajstić information content (AvgIpc) is 2.43. The van der Waals surface area contributed by atoms with Gasteiger partial charge in [0.2, 0.25) is 0 Å². The summed E-state index contributed by atoms with van der Waals surface area (Å²) in [5.41, 5.74) is -1.50. The maximum absolute atomic E-state index is 12.5. The van der Waals surface area contributed by atoms with Crippen molar-refractivity contribution in [3.8, 4) is 6.07 Å². The summed E-state index contributed by atoms with van der Waals surface area (Å²) in [5.74, 6) is -1.92. The van der Waals surface area contributed by atoms with Crippen molar-refractivity contribution >= 4 is 11.9 Å². The molecule has 0 aliphatic rings. The van der Waals surface area contributed by atoms with Gasteiger partial charge in [0.1, 0.15) is 0 Å². The van der Waals surface area contributed by atoms with Crippen molar-refractivity contribution in [3.05, 3.63) is 0 Å². The number of carbonyl (C=O) groups excluding carboxylic acids is 2. The van der Waals surface area contributed by atoms with E-state index < -0.39 is 23.3 Å². The molecular formula is C17H29NO4. The number of hydrogen-bond donors (Lipinski definition) is 0. The fourth-order valence-electron chi connectivity index (χ4n) is 2.56. The summed E-state index contributed by atoms with van der Waals surface area (Å²) in [6.07, 6.45) is 1.17. The summed E-state index contributed by atoms with van der Waals surface area (Å²) in [4.78, 5) is 24.9. The molecule has 2 unspecified atom stereocenters. The molecule has 126 valence electrons. The molecule has 0 rings (SSSR count). The normalized spacial score (nSPS) is 15.0. The molecule has 2 atom stereocenters. The Morgan fingerprint density at radius 3 is 1.95 bits per heavy atom. The van der Waals surface area contributed by atoms with Gasteiger partial charge >= 0.3 is 11.9 Å². The van der Waals surface area contributed by atoms with Crippen LogP contribution in [0.3, 0.4) is 0 Å². The molecule has 0 saturated heterocycles. The number of nitrogens with zero attached hydrogens (tertiary/aromatic N) is 1. The van der Waals surface area contributed by atoms with Crippen LogP contribution in [-0.4, -0.2) is 25.2 Å². The van der Waals surface area contributed by atoms with E-state index in [0.717, 1.165) is 6.42 Å². The van der Waals surface area contributed by atoms with Gasteiger partial charge in [0.25, 0.3) is 0 Å². The molecule has 0 aliphatic carbocycles. The summed E-state index contributed by atoms with van der Waals surface area (Å²) in [5, 5.41) is 9.74. The highest BCUT2D eigenvalue weighted by Gasteiger charge is 2.53. The van der Waals surface area contributed by atoms with Crippen molar-refractivity contribution < 1.29 is 19.1 Å². The Morgan fingerprint density at radius 2 is 1.59 bits per heavy atom. The molecule has 5 nitrogen and oxygen atoms in total. The zero-order valence-electron chi connectivity index (χ0n) is 14.6. The Labute approximate surface area is 134 Å². The zero-order valence-corrected chi connectivity index (χ0v) is 14.6. The maximum Gasteiger partial charge on any atom is 0.327 e. The van der Waals surface area contributed by atoms with Crippen LogP contribution in [0.15, 0.2) is 0 Å². The van der Waals surface area contributed by atoms with Gasteiger partial charge in [-0.25, -0.2) is 0 Å². The lowest BCUT2D eigenvalue weighted by Crippen LogP contribution is -2.47. The van der Waals surface area contributed by atoms with Gasteiger partial charge in [-0.15, -0.1) is 0 Å². The smallest absolute Gasteiger partial charge is 0.327 e. The second-order valence-electron chi connectivity index (χ2n) is 6.13. The molecule has 0 heterocycles. The summed E-state index contributed by atoms with van der Waals surface area (Å²) in [7, 11) is 0. The monoisotopic (exact) mass is 311 g/mol. The Morgan fingerprint density at radius 1 is 1.05 bits per heavy atom. The molecule has 0 N–H and O–H groups in total. The van der Waals surface area contributed by atoms with E-state index in [1.165, 1.54) is 0 Å². The predicted octanol–water partition coefficient (Wildman–Crippen LogP) is 3.33. The zero-order chi connectivity index (χ0) is 17.3. The molecular weight excluding hydrogens is 282 g/mol. The van der Waals surface area contributed by atoms with E-state index in [1.807, 2.05) is 13.8 Å². The Bertz CT molecular complexity index is 411. The molecule has 0 saturated carbocycles. The van der Waals surface area contributed by atoms with Crippen LogP contribution in [-0.2, 0) is 19.1 Å². The number of rotatable bonds is 9. The SMILES string of the molecule is CCOC(=O)C(CCC(C)C)C(C#N)(C(=O)OCC)C(C)C. The Balaban J connectivity index is 5.76.